The molecule has 0 spiro atoms. The third-order valence-corrected chi connectivity index (χ3v) is 5.11. The van der Waals surface area contributed by atoms with Crippen molar-refractivity contribution in [3.05, 3.63) is 69.8 Å². The molecular weight excluding hydrogens is 486 g/mol. The molecule has 1 atom stereocenters. The van der Waals surface area contributed by atoms with E-state index in [1.807, 2.05) is 18.2 Å². The van der Waals surface area contributed by atoms with E-state index in [2.05, 4.69) is 25.5 Å². The predicted molar refractivity (Wildman–Crippen MR) is 126 cm³/mol. The van der Waals surface area contributed by atoms with Crippen molar-refractivity contribution in [1.29, 1.82) is 0 Å². The predicted octanol–water partition coefficient (Wildman–Crippen LogP) is 5.00. The number of primary amides is 1. The van der Waals surface area contributed by atoms with Gasteiger partial charge >= 0.3 is 6.09 Å². The Hall–Kier alpha value is -3.63. The van der Waals surface area contributed by atoms with Crippen LogP contribution in [0, 0.1) is 5.82 Å². The maximum Gasteiger partial charge on any atom is 0.404 e. The van der Waals surface area contributed by atoms with Crippen LogP contribution in [0.25, 0.3) is 10.9 Å². The van der Waals surface area contributed by atoms with E-state index in [1.54, 1.807) is 6.92 Å². The highest BCUT2D eigenvalue weighted by Crippen LogP contribution is 2.29. The fraction of sp³-hybridized carbons (Fsp3) is 0.182. The number of hydrogen-bond donors (Lipinski definition) is 3. The number of nitrogens with one attached hydrogen (secondary N) is 2. The van der Waals surface area contributed by atoms with Crippen LogP contribution in [0.5, 0.6) is 5.75 Å². The van der Waals surface area contributed by atoms with Gasteiger partial charge in [-0.3, -0.25) is 5.10 Å². The number of anilines is 2. The molecule has 34 heavy (non-hydrogen) atoms. The first kappa shape index (κ1) is 23.5. The molecule has 176 valence electrons. The standard InChI is InChI=1S/C22H19Cl2FN6O3/c1-11(10-33-22(26)32)34-17-5-3-14(25)8-13(17)6-12-2-4-16-15(7-12)20(31-30-16)28-19-9-18(23)27-21(24)29-19/h2-5,7-9,11H,6,10H2,1H3,(H2,26,32)(H2,27,28,29,30,31). The molecule has 2 aromatic heterocycles. The van der Waals surface area contributed by atoms with E-state index in [-0.39, 0.29) is 17.0 Å². The van der Waals surface area contributed by atoms with Crippen LogP contribution < -0.4 is 15.8 Å². The van der Waals surface area contributed by atoms with Crippen molar-refractivity contribution >= 4 is 51.8 Å². The molecule has 12 heteroatoms. The zero-order valence-electron chi connectivity index (χ0n) is 17.8. The lowest BCUT2D eigenvalue weighted by atomic mass is 10.0. The van der Waals surface area contributed by atoms with Gasteiger partial charge in [-0.15, -0.1) is 0 Å². The van der Waals surface area contributed by atoms with E-state index in [0.717, 1.165) is 16.5 Å². The number of amides is 1. The van der Waals surface area contributed by atoms with Crippen LogP contribution in [0.3, 0.4) is 0 Å². The molecule has 0 radical (unpaired) electrons. The van der Waals surface area contributed by atoms with Gasteiger partial charge in [0.05, 0.1) is 5.52 Å². The normalized spacial score (nSPS) is 11.9. The second-order valence-corrected chi connectivity index (χ2v) is 8.13. The van der Waals surface area contributed by atoms with Gasteiger partial charge in [0.25, 0.3) is 0 Å². The van der Waals surface area contributed by atoms with Gasteiger partial charge in [-0.2, -0.15) is 5.10 Å². The summed E-state index contributed by atoms with van der Waals surface area (Å²) in [7, 11) is 0. The van der Waals surface area contributed by atoms with Gasteiger partial charge < -0.3 is 20.5 Å². The maximum atomic E-state index is 14.0. The molecule has 1 amide bonds. The van der Waals surface area contributed by atoms with Gasteiger partial charge in [-0.1, -0.05) is 17.7 Å². The number of rotatable bonds is 8. The fourth-order valence-electron chi connectivity index (χ4n) is 3.31. The fourth-order valence-corrected chi connectivity index (χ4v) is 3.72. The van der Waals surface area contributed by atoms with Crippen LogP contribution in [-0.2, 0) is 11.2 Å². The van der Waals surface area contributed by atoms with Crippen LogP contribution in [0.2, 0.25) is 10.4 Å². The Morgan fingerprint density at radius 2 is 2.03 bits per heavy atom. The Morgan fingerprint density at radius 3 is 2.79 bits per heavy atom. The van der Waals surface area contributed by atoms with Gasteiger partial charge in [0.1, 0.15) is 35.2 Å². The molecule has 0 bridgehead atoms. The molecular formula is C22H19Cl2FN6O3. The summed E-state index contributed by atoms with van der Waals surface area (Å²) in [4.78, 5) is 18.7. The van der Waals surface area contributed by atoms with Crippen LogP contribution in [0.4, 0.5) is 20.8 Å². The van der Waals surface area contributed by atoms with E-state index in [1.165, 1.54) is 24.3 Å². The lowest BCUT2D eigenvalue weighted by Crippen LogP contribution is -2.24. The smallest absolute Gasteiger partial charge is 0.404 e. The largest absolute Gasteiger partial charge is 0.487 e. The first-order chi connectivity index (χ1) is 16.3. The van der Waals surface area contributed by atoms with Crippen LogP contribution >= 0.6 is 23.2 Å². The van der Waals surface area contributed by atoms with Crippen molar-refractivity contribution in [2.75, 3.05) is 11.9 Å². The number of nitrogens with two attached hydrogens (primary N) is 1. The molecule has 0 aliphatic heterocycles. The van der Waals surface area contributed by atoms with Gasteiger partial charge in [0.2, 0.25) is 5.28 Å². The number of ether oxygens (including phenoxy) is 2. The topological polar surface area (TPSA) is 128 Å². The van der Waals surface area contributed by atoms with Crippen molar-refractivity contribution in [2.24, 2.45) is 5.73 Å². The lowest BCUT2D eigenvalue weighted by Gasteiger charge is -2.17. The minimum absolute atomic E-state index is 0.00428. The van der Waals surface area contributed by atoms with E-state index < -0.39 is 18.0 Å². The highest BCUT2D eigenvalue weighted by Gasteiger charge is 2.14. The van der Waals surface area contributed by atoms with Gasteiger partial charge in [0.15, 0.2) is 5.82 Å². The molecule has 2 aromatic carbocycles. The summed E-state index contributed by atoms with van der Waals surface area (Å²) in [5.41, 5.74) is 7.29. The number of carbonyl (C=O) groups excluding carboxylic acids is 1. The molecule has 0 fully saturated rings. The first-order valence-corrected chi connectivity index (χ1v) is 10.8. The average Bonchev–Trinajstić information content (AvgIpc) is 3.15. The third-order valence-electron chi connectivity index (χ3n) is 4.75. The minimum atomic E-state index is -0.890. The van der Waals surface area contributed by atoms with E-state index >= 15 is 0 Å². The Labute approximate surface area is 203 Å². The molecule has 0 aliphatic rings. The van der Waals surface area contributed by atoms with Crippen LogP contribution in [-0.4, -0.2) is 39.0 Å². The van der Waals surface area contributed by atoms with Crippen LogP contribution in [0.15, 0.2) is 42.5 Å². The summed E-state index contributed by atoms with van der Waals surface area (Å²) < 4.78 is 24.6. The molecule has 4 N–H and O–H groups in total. The van der Waals surface area contributed by atoms with Crippen molar-refractivity contribution in [2.45, 2.75) is 19.4 Å². The Morgan fingerprint density at radius 1 is 1.21 bits per heavy atom. The minimum Gasteiger partial charge on any atom is -0.487 e. The number of nitrogens with zero attached hydrogens (tertiary/aromatic N) is 3. The molecule has 4 rings (SSSR count). The van der Waals surface area contributed by atoms with Gasteiger partial charge in [-0.05, 0) is 54.4 Å². The lowest BCUT2D eigenvalue weighted by molar-refractivity contribution is 0.0958. The number of hydrogen-bond acceptors (Lipinski definition) is 7. The summed E-state index contributed by atoms with van der Waals surface area (Å²) in [5, 5.41) is 11.3. The number of H-pyrrole nitrogens is 1. The Bertz CT molecular complexity index is 1330. The van der Waals surface area contributed by atoms with E-state index in [9.17, 15) is 9.18 Å². The van der Waals surface area contributed by atoms with Gasteiger partial charge in [-0.25, -0.2) is 19.2 Å². The maximum absolute atomic E-state index is 14.0. The first-order valence-electron chi connectivity index (χ1n) is 10.1. The highest BCUT2D eigenvalue weighted by molar-refractivity contribution is 6.32. The second kappa shape index (κ2) is 10.1. The van der Waals surface area contributed by atoms with Crippen molar-refractivity contribution in [1.82, 2.24) is 20.2 Å². The van der Waals surface area contributed by atoms with Crippen molar-refractivity contribution < 1.29 is 18.7 Å². The monoisotopic (exact) mass is 504 g/mol. The molecule has 1 unspecified atom stereocenters. The molecule has 0 saturated carbocycles. The SMILES string of the molecule is CC(COC(N)=O)Oc1ccc(F)cc1Cc1ccc2[nH]nc(Nc3cc(Cl)nc(Cl)n3)c2c1. The summed E-state index contributed by atoms with van der Waals surface area (Å²) in [6.45, 7) is 1.69. The van der Waals surface area contributed by atoms with Crippen LogP contribution in [0.1, 0.15) is 18.1 Å². The molecule has 2 heterocycles. The molecule has 0 aliphatic carbocycles. The quantitative estimate of drug-likeness (QED) is 0.227. The number of aromatic nitrogens is 4. The number of benzene rings is 2. The summed E-state index contributed by atoms with van der Waals surface area (Å²) in [6, 6.07) is 11.5. The molecule has 4 aromatic rings. The van der Waals surface area contributed by atoms with Gasteiger partial charge in [0, 0.05) is 23.4 Å². The number of fused-ring (bicyclic) bond motifs is 1. The number of halogens is 3. The molecule has 0 saturated heterocycles. The Balaban J connectivity index is 1.58. The summed E-state index contributed by atoms with van der Waals surface area (Å²) in [6.07, 6.45) is -0.989. The highest BCUT2D eigenvalue weighted by atomic mass is 35.5. The van der Waals surface area contributed by atoms with E-state index in [0.29, 0.717) is 29.4 Å². The van der Waals surface area contributed by atoms with Crippen molar-refractivity contribution in [3.8, 4) is 5.75 Å². The number of aromatic amines is 1. The summed E-state index contributed by atoms with van der Waals surface area (Å²) in [5.74, 6) is 0.970. The summed E-state index contributed by atoms with van der Waals surface area (Å²) >= 11 is 11.8. The number of carbonyl (C=O) groups is 1. The second-order valence-electron chi connectivity index (χ2n) is 7.41. The zero-order valence-corrected chi connectivity index (χ0v) is 19.3. The average molecular weight is 505 g/mol. The van der Waals surface area contributed by atoms with E-state index in [4.69, 9.17) is 38.4 Å². The third kappa shape index (κ3) is 5.83. The Kier molecular flexibility index (Phi) is 6.99. The molecule has 9 nitrogen and oxygen atoms in total. The zero-order chi connectivity index (χ0) is 24.2. The van der Waals surface area contributed by atoms with Crippen molar-refractivity contribution in [3.63, 3.8) is 0 Å².